The van der Waals surface area contributed by atoms with Gasteiger partial charge in [-0.25, -0.2) is 4.79 Å². The SMILES string of the molecule is CCOC(=O)[C@@](Cl)(NC(=O)c1ccc(Cl)cc1Cl)C(F)(F)F. The third-order valence-corrected chi connectivity index (χ3v) is 3.42. The summed E-state index contributed by atoms with van der Waals surface area (Å²) in [5, 5.41) is 1.38. The van der Waals surface area contributed by atoms with Crippen LogP contribution in [0.4, 0.5) is 13.2 Å². The molecule has 0 aliphatic heterocycles. The molecule has 0 aliphatic carbocycles. The van der Waals surface area contributed by atoms with Crippen LogP contribution in [0, 0.1) is 0 Å². The lowest BCUT2D eigenvalue weighted by Gasteiger charge is -2.28. The molecule has 0 fully saturated rings. The van der Waals surface area contributed by atoms with Gasteiger partial charge in [-0.05, 0) is 25.1 Å². The lowest BCUT2D eigenvalue weighted by molar-refractivity contribution is -0.192. The highest BCUT2D eigenvalue weighted by molar-refractivity contribution is 6.38. The molecular formula is C12H9Cl3F3NO3. The molecule has 22 heavy (non-hydrogen) atoms. The maximum absolute atomic E-state index is 13.0. The smallest absolute Gasteiger partial charge is 0.437 e. The molecule has 0 bridgehead atoms. The standard InChI is InChI=1S/C12H9Cl3F3NO3/c1-2-22-10(21)11(15,12(16,17)18)19-9(20)7-4-3-6(13)5-8(7)14/h3-5H,2H2,1H3,(H,19,20)/t11-/m1/s1. The van der Waals surface area contributed by atoms with E-state index in [2.05, 4.69) is 4.74 Å². The monoisotopic (exact) mass is 377 g/mol. The van der Waals surface area contributed by atoms with Crippen LogP contribution in [-0.4, -0.2) is 29.7 Å². The average molecular weight is 379 g/mol. The third kappa shape index (κ3) is 3.97. The highest BCUT2D eigenvalue weighted by Gasteiger charge is 2.62. The van der Waals surface area contributed by atoms with Gasteiger partial charge in [0, 0.05) is 5.02 Å². The fourth-order valence-corrected chi connectivity index (χ4v) is 2.00. The van der Waals surface area contributed by atoms with E-state index in [0.29, 0.717) is 0 Å². The van der Waals surface area contributed by atoms with Crippen LogP contribution in [0.1, 0.15) is 17.3 Å². The first-order valence-electron chi connectivity index (χ1n) is 5.73. The molecule has 1 aromatic carbocycles. The maximum atomic E-state index is 13.0. The van der Waals surface area contributed by atoms with Crippen LogP contribution in [0.2, 0.25) is 10.0 Å². The Kier molecular flexibility index (Phi) is 5.95. The van der Waals surface area contributed by atoms with Crippen molar-refractivity contribution in [3.8, 4) is 0 Å². The molecule has 0 aromatic heterocycles. The van der Waals surface area contributed by atoms with Crippen LogP contribution < -0.4 is 5.32 Å². The first-order chi connectivity index (χ1) is 10.0. The quantitative estimate of drug-likeness (QED) is 0.493. The number of esters is 1. The van der Waals surface area contributed by atoms with Gasteiger partial charge in [0.1, 0.15) is 0 Å². The Labute approximate surface area is 138 Å². The fourth-order valence-electron chi connectivity index (χ4n) is 1.37. The van der Waals surface area contributed by atoms with Crippen molar-refractivity contribution in [2.24, 2.45) is 0 Å². The van der Waals surface area contributed by atoms with E-state index in [9.17, 15) is 22.8 Å². The van der Waals surface area contributed by atoms with Crippen molar-refractivity contribution in [2.45, 2.75) is 18.1 Å². The molecule has 1 atom stereocenters. The number of carbonyl (C=O) groups excluding carboxylic acids is 2. The summed E-state index contributed by atoms with van der Waals surface area (Å²) < 4.78 is 43.3. The van der Waals surface area contributed by atoms with Gasteiger partial charge in [0.2, 0.25) is 0 Å². The summed E-state index contributed by atoms with van der Waals surface area (Å²) in [6.45, 7) is 0.949. The molecule has 1 aromatic rings. The molecule has 4 nitrogen and oxygen atoms in total. The molecule has 0 aliphatic rings. The Bertz CT molecular complexity index is 595. The molecule has 0 spiro atoms. The van der Waals surface area contributed by atoms with E-state index < -0.39 is 23.1 Å². The number of halogens is 6. The predicted molar refractivity (Wildman–Crippen MR) is 75.2 cm³/mol. The van der Waals surface area contributed by atoms with Crippen molar-refractivity contribution < 1.29 is 27.5 Å². The topological polar surface area (TPSA) is 55.4 Å². The average Bonchev–Trinajstić information content (AvgIpc) is 2.37. The van der Waals surface area contributed by atoms with Gasteiger partial charge in [-0.1, -0.05) is 34.8 Å². The summed E-state index contributed by atoms with van der Waals surface area (Å²) >= 11 is 16.6. The Morgan fingerprint density at radius 3 is 2.32 bits per heavy atom. The van der Waals surface area contributed by atoms with Crippen molar-refractivity contribution in [1.82, 2.24) is 5.32 Å². The fraction of sp³-hybridized carbons (Fsp3) is 0.333. The number of nitrogens with one attached hydrogen (secondary N) is 1. The second-order valence-corrected chi connectivity index (χ2v) is 5.37. The number of ether oxygens (including phenoxy) is 1. The van der Waals surface area contributed by atoms with Crippen LogP contribution in [0.25, 0.3) is 0 Å². The van der Waals surface area contributed by atoms with Gasteiger partial charge in [0.15, 0.2) is 0 Å². The molecule has 1 amide bonds. The Hall–Kier alpha value is -1.18. The molecule has 0 saturated heterocycles. The van der Waals surface area contributed by atoms with Crippen LogP contribution in [-0.2, 0) is 9.53 Å². The maximum Gasteiger partial charge on any atom is 0.437 e. The number of hydrogen-bond donors (Lipinski definition) is 1. The number of alkyl halides is 4. The van der Waals surface area contributed by atoms with Crippen LogP contribution in [0.15, 0.2) is 18.2 Å². The molecular weight excluding hydrogens is 369 g/mol. The largest absolute Gasteiger partial charge is 0.463 e. The molecule has 122 valence electrons. The van der Waals surface area contributed by atoms with Gasteiger partial charge in [-0.15, -0.1) is 0 Å². The zero-order chi connectivity index (χ0) is 17.1. The Morgan fingerprint density at radius 2 is 1.86 bits per heavy atom. The number of benzene rings is 1. The summed E-state index contributed by atoms with van der Waals surface area (Å²) in [5.41, 5.74) is -0.329. The van der Waals surface area contributed by atoms with Gasteiger partial charge in [-0.2, -0.15) is 13.2 Å². The predicted octanol–water partition coefficient (Wildman–Crippen LogP) is 3.78. The van der Waals surface area contributed by atoms with Gasteiger partial charge < -0.3 is 10.1 Å². The summed E-state index contributed by atoms with van der Waals surface area (Å²) in [6, 6.07) is 3.50. The lowest BCUT2D eigenvalue weighted by atomic mass is 10.2. The number of amides is 1. The van der Waals surface area contributed by atoms with E-state index in [1.54, 1.807) is 0 Å². The van der Waals surface area contributed by atoms with Crippen molar-refractivity contribution in [2.75, 3.05) is 6.61 Å². The molecule has 1 rings (SSSR count). The Morgan fingerprint density at radius 1 is 1.27 bits per heavy atom. The normalized spacial score (nSPS) is 14.1. The molecule has 10 heteroatoms. The van der Waals surface area contributed by atoms with E-state index in [4.69, 9.17) is 34.8 Å². The number of carbonyl (C=O) groups is 2. The second-order valence-electron chi connectivity index (χ2n) is 3.95. The first kappa shape index (κ1) is 18.9. The minimum Gasteiger partial charge on any atom is -0.463 e. The first-order valence-corrected chi connectivity index (χ1v) is 6.86. The summed E-state index contributed by atoms with van der Waals surface area (Å²) in [6.07, 6.45) is -5.28. The van der Waals surface area contributed by atoms with E-state index in [1.165, 1.54) is 18.3 Å². The van der Waals surface area contributed by atoms with E-state index in [-0.39, 0.29) is 22.2 Å². The molecule has 1 N–H and O–H groups in total. The molecule has 0 unspecified atom stereocenters. The minimum absolute atomic E-state index is 0.180. The summed E-state index contributed by atoms with van der Waals surface area (Å²) in [4.78, 5) is 19.7. The molecule has 0 radical (unpaired) electrons. The number of hydrogen-bond acceptors (Lipinski definition) is 3. The zero-order valence-electron chi connectivity index (χ0n) is 10.9. The van der Waals surface area contributed by atoms with Gasteiger partial charge >= 0.3 is 17.1 Å². The van der Waals surface area contributed by atoms with Crippen LogP contribution in [0.3, 0.4) is 0 Å². The van der Waals surface area contributed by atoms with E-state index >= 15 is 0 Å². The van der Waals surface area contributed by atoms with Crippen LogP contribution in [0.5, 0.6) is 0 Å². The summed E-state index contributed by atoms with van der Waals surface area (Å²) in [7, 11) is 0. The lowest BCUT2D eigenvalue weighted by Crippen LogP contribution is -2.60. The Balaban J connectivity index is 3.14. The minimum atomic E-state index is -5.28. The van der Waals surface area contributed by atoms with Crippen molar-refractivity contribution in [3.05, 3.63) is 33.8 Å². The van der Waals surface area contributed by atoms with Crippen LogP contribution >= 0.6 is 34.8 Å². The van der Waals surface area contributed by atoms with Crippen molar-refractivity contribution in [3.63, 3.8) is 0 Å². The van der Waals surface area contributed by atoms with Gasteiger partial charge in [0.05, 0.1) is 17.2 Å². The zero-order valence-corrected chi connectivity index (χ0v) is 13.2. The number of rotatable bonds is 4. The summed E-state index contributed by atoms with van der Waals surface area (Å²) in [5.74, 6) is -3.15. The van der Waals surface area contributed by atoms with Crippen molar-refractivity contribution in [1.29, 1.82) is 0 Å². The third-order valence-electron chi connectivity index (χ3n) is 2.41. The van der Waals surface area contributed by atoms with E-state index in [1.807, 2.05) is 0 Å². The van der Waals surface area contributed by atoms with Gasteiger partial charge in [-0.3, -0.25) is 4.79 Å². The van der Waals surface area contributed by atoms with Gasteiger partial charge in [0.25, 0.3) is 5.91 Å². The molecule has 0 saturated carbocycles. The highest BCUT2D eigenvalue weighted by atomic mass is 35.5. The van der Waals surface area contributed by atoms with Crippen molar-refractivity contribution >= 4 is 46.7 Å². The van der Waals surface area contributed by atoms with E-state index in [0.717, 1.165) is 12.1 Å². The highest BCUT2D eigenvalue weighted by Crippen LogP contribution is 2.36. The second kappa shape index (κ2) is 6.93. The molecule has 0 heterocycles.